The van der Waals surface area contributed by atoms with Crippen molar-refractivity contribution < 1.29 is 4.74 Å². The van der Waals surface area contributed by atoms with Gasteiger partial charge >= 0.3 is 0 Å². The molecule has 2 aromatic rings. The third kappa shape index (κ3) is 3.10. The second kappa shape index (κ2) is 6.45. The van der Waals surface area contributed by atoms with Gasteiger partial charge in [0.2, 0.25) is 0 Å². The van der Waals surface area contributed by atoms with Crippen LogP contribution in [0.2, 0.25) is 0 Å². The molecule has 2 atom stereocenters. The lowest BCUT2D eigenvalue weighted by Gasteiger charge is -2.22. The number of fused-ring (bicyclic) bond motifs is 2. The molecule has 1 heteroatoms. The van der Waals surface area contributed by atoms with Crippen molar-refractivity contribution in [1.29, 1.82) is 0 Å². The van der Waals surface area contributed by atoms with Gasteiger partial charge in [-0.3, -0.25) is 0 Å². The van der Waals surface area contributed by atoms with Crippen molar-refractivity contribution in [2.45, 2.75) is 37.5 Å². The summed E-state index contributed by atoms with van der Waals surface area (Å²) in [5.41, 5.74) is 2.72. The molecule has 2 aromatic carbocycles. The highest BCUT2D eigenvalue weighted by molar-refractivity contribution is 5.38. The Labute approximate surface area is 138 Å². The van der Waals surface area contributed by atoms with Crippen molar-refractivity contribution in [3.8, 4) is 0 Å². The summed E-state index contributed by atoms with van der Waals surface area (Å²) < 4.78 is 6.20. The van der Waals surface area contributed by atoms with Gasteiger partial charge in [0.25, 0.3) is 0 Å². The number of hydrogen-bond acceptors (Lipinski definition) is 1. The first kappa shape index (κ1) is 14.3. The normalized spacial score (nSPS) is 23.8. The zero-order valence-corrected chi connectivity index (χ0v) is 13.3. The third-order valence-electron chi connectivity index (χ3n) is 4.85. The zero-order chi connectivity index (χ0) is 15.5. The van der Waals surface area contributed by atoms with Crippen LogP contribution in [0.25, 0.3) is 0 Å². The van der Waals surface area contributed by atoms with E-state index < -0.39 is 0 Å². The summed E-state index contributed by atoms with van der Waals surface area (Å²) in [5, 5.41) is 0. The maximum absolute atomic E-state index is 6.20. The van der Waals surface area contributed by atoms with Crippen molar-refractivity contribution in [3.63, 3.8) is 0 Å². The van der Waals surface area contributed by atoms with Crippen molar-refractivity contribution in [2.24, 2.45) is 0 Å². The molecule has 1 nitrogen and oxygen atoms in total. The van der Waals surface area contributed by atoms with Crippen LogP contribution in [-0.2, 0) is 4.74 Å². The summed E-state index contributed by atoms with van der Waals surface area (Å²) in [6.07, 6.45) is 9.29. The first-order valence-corrected chi connectivity index (χ1v) is 8.59. The molecule has 2 heterocycles. The lowest BCUT2D eigenvalue weighted by atomic mass is 9.80. The van der Waals surface area contributed by atoms with Crippen LogP contribution >= 0.6 is 0 Å². The first-order chi connectivity index (χ1) is 11.4. The van der Waals surface area contributed by atoms with Gasteiger partial charge in [-0.05, 0) is 36.1 Å². The molecule has 1 fully saturated rings. The number of allylic oxidation sites excluding steroid dienone is 4. The Balaban J connectivity index is 1.83. The van der Waals surface area contributed by atoms with E-state index in [9.17, 15) is 0 Å². The molecule has 0 N–H and O–H groups in total. The van der Waals surface area contributed by atoms with E-state index in [-0.39, 0.29) is 0 Å². The highest BCUT2D eigenvalue weighted by Crippen LogP contribution is 2.41. The molecule has 0 aliphatic carbocycles. The zero-order valence-electron chi connectivity index (χ0n) is 13.3. The van der Waals surface area contributed by atoms with Gasteiger partial charge in [0.1, 0.15) is 11.5 Å². The van der Waals surface area contributed by atoms with Crippen LogP contribution in [0.15, 0.2) is 84.3 Å². The van der Waals surface area contributed by atoms with Crippen LogP contribution < -0.4 is 0 Å². The lowest BCUT2D eigenvalue weighted by molar-refractivity contribution is 0.293. The van der Waals surface area contributed by atoms with Gasteiger partial charge in [-0.1, -0.05) is 60.7 Å². The monoisotopic (exact) mass is 302 g/mol. The van der Waals surface area contributed by atoms with Crippen LogP contribution in [0.3, 0.4) is 0 Å². The van der Waals surface area contributed by atoms with E-state index in [1.807, 2.05) is 0 Å². The molecule has 2 bridgehead atoms. The maximum atomic E-state index is 6.20. The molecule has 0 aromatic heterocycles. The highest BCUT2D eigenvalue weighted by Gasteiger charge is 2.27. The van der Waals surface area contributed by atoms with E-state index >= 15 is 0 Å². The lowest BCUT2D eigenvalue weighted by Crippen LogP contribution is -2.08. The highest BCUT2D eigenvalue weighted by atomic mass is 16.5. The van der Waals surface area contributed by atoms with Gasteiger partial charge < -0.3 is 4.74 Å². The molecule has 23 heavy (non-hydrogen) atoms. The van der Waals surface area contributed by atoms with Crippen LogP contribution in [0.4, 0.5) is 0 Å². The van der Waals surface area contributed by atoms with Gasteiger partial charge in [0, 0.05) is 24.7 Å². The van der Waals surface area contributed by atoms with Gasteiger partial charge in [-0.2, -0.15) is 0 Å². The summed E-state index contributed by atoms with van der Waals surface area (Å²) in [7, 11) is 0. The third-order valence-corrected chi connectivity index (χ3v) is 4.85. The van der Waals surface area contributed by atoms with E-state index in [0.717, 1.165) is 24.4 Å². The van der Waals surface area contributed by atoms with E-state index in [1.54, 1.807) is 0 Å². The summed E-state index contributed by atoms with van der Waals surface area (Å²) in [6.45, 7) is 0. The largest absolute Gasteiger partial charge is 0.467 e. The Hall–Kier alpha value is -2.28. The molecule has 2 aliphatic rings. The van der Waals surface area contributed by atoms with Gasteiger partial charge in [0.15, 0.2) is 0 Å². The van der Waals surface area contributed by atoms with Gasteiger partial charge in [0.05, 0.1) is 0 Å². The fourth-order valence-electron chi connectivity index (χ4n) is 3.67. The van der Waals surface area contributed by atoms with E-state index in [1.165, 1.54) is 24.0 Å². The molecule has 2 unspecified atom stereocenters. The molecule has 1 saturated heterocycles. The summed E-state index contributed by atoms with van der Waals surface area (Å²) in [6, 6.07) is 21.6. The van der Waals surface area contributed by atoms with Crippen LogP contribution in [0.1, 0.15) is 48.6 Å². The van der Waals surface area contributed by atoms with Crippen molar-refractivity contribution in [3.05, 3.63) is 95.5 Å². The van der Waals surface area contributed by atoms with Crippen molar-refractivity contribution >= 4 is 0 Å². The molecule has 0 amide bonds. The molecule has 0 spiro atoms. The van der Waals surface area contributed by atoms with Crippen LogP contribution in [-0.4, -0.2) is 0 Å². The Morgan fingerprint density at radius 1 is 0.609 bits per heavy atom. The predicted octanol–water partition coefficient (Wildman–Crippen LogP) is 5.93. The van der Waals surface area contributed by atoms with Crippen molar-refractivity contribution in [2.75, 3.05) is 0 Å². The Bertz CT molecular complexity index is 649. The summed E-state index contributed by atoms with van der Waals surface area (Å²) >= 11 is 0. The molecule has 0 radical (unpaired) electrons. The van der Waals surface area contributed by atoms with Gasteiger partial charge in [-0.25, -0.2) is 0 Å². The Morgan fingerprint density at radius 2 is 1.04 bits per heavy atom. The average molecular weight is 302 g/mol. The predicted molar refractivity (Wildman–Crippen MR) is 94.1 cm³/mol. The topological polar surface area (TPSA) is 9.23 Å². The molecule has 4 rings (SSSR count). The molecular formula is C22H22O. The second-order valence-electron chi connectivity index (χ2n) is 6.45. The Kier molecular flexibility index (Phi) is 4.02. The van der Waals surface area contributed by atoms with E-state index in [4.69, 9.17) is 4.74 Å². The Morgan fingerprint density at radius 3 is 1.48 bits per heavy atom. The average Bonchev–Trinajstić information content (AvgIpc) is 2.95. The minimum absolute atomic E-state index is 0.337. The van der Waals surface area contributed by atoms with Crippen molar-refractivity contribution in [1.82, 2.24) is 0 Å². The maximum Gasteiger partial charge on any atom is 0.100 e. The number of benzene rings is 2. The second-order valence-corrected chi connectivity index (χ2v) is 6.45. The fraction of sp³-hybridized carbons (Fsp3) is 0.273. The standard InChI is InChI=1S/C22H22O/c1-3-9-17(10-4-1)21-15-19-13-7-8-14-20(23-19)16-22(21)18-11-5-2-6-12-18/h1-6,9-12,15-16,21-22H,7-8,13-14H2. The fourth-order valence-corrected chi connectivity index (χ4v) is 3.67. The molecule has 2 aliphatic heterocycles. The summed E-state index contributed by atoms with van der Waals surface area (Å²) in [4.78, 5) is 0. The summed E-state index contributed by atoms with van der Waals surface area (Å²) in [5.74, 6) is 2.98. The number of ether oxygens (including phenoxy) is 1. The van der Waals surface area contributed by atoms with Crippen LogP contribution in [0.5, 0.6) is 0 Å². The molecule has 0 saturated carbocycles. The quantitative estimate of drug-likeness (QED) is 0.668. The number of rotatable bonds is 2. The SMILES string of the molecule is C1=C2CCCCC(=CC(c3ccccc3)C1c1ccccc1)O2. The van der Waals surface area contributed by atoms with E-state index in [0.29, 0.717) is 11.8 Å². The first-order valence-electron chi connectivity index (χ1n) is 8.59. The smallest absolute Gasteiger partial charge is 0.100 e. The minimum atomic E-state index is 0.337. The molecule has 116 valence electrons. The number of hydrogen-bond donors (Lipinski definition) is 0. The van der Waals surface area contributed by atoms with E-state index in [2.05, 4.69) is 72.8 Å². The van der Waals surface area contributed by atoms with Gasteiger partial charge in [-0.15, -0.1) is 0 Å². The minimum Gasteiger partial charge on any atom is -0.467 e. The molecular weight excluding hydrogens is 280 g/mol. The van der Waals surface area contributed by atoms with Crippen LogP contribution in [0, 0.1) is 0 Å².